The third-order valence-corrected chi connectivity index (χ3v) is 3.07. The molecule has 2 rings (SSSR count). The Labute approximate surface area is 119 Å². The van der Waals surface area contributed by atoms with Crippen LogP contribution in [0.3, 0.4) is 0 Å². The van der Waals surface area contributed by atoms with Gasteiger partial charge in [0.15, 0.2) is 0 Å². The van der Waals surface area contributed by atoms with Gasteiger partial charge in [-0.25, -0.2) is 0 Å². The van der Waals surface area contributed by atoms with Gasteiger partial charge in [-0.05, 0) is 54.3 Å². The molecular formula is C18H17NO. The lowest BCUT2D eigenvalue weighted by Gasteiger charge is -1.98. The molecule has 0 N–H and O–H groups in total. The van der Waals surface area contributed by atoms with Crippen molar-refractivity contribution in [1.82, 2.24) is 0 Å². The molecule has 0 aliphatic rings. The second-order valence-electron chi connectivity index (χ2n) is 4.63. The highest BCUT2D eigenvalue weighted by Gasteiger charge is 1.92. The van der Waals surface area contributed by atoms with Gasteiger partial charge in [-0.3, -0.25) is 0 Å². The second kappa shape index (κ2) is 7.91. The Morgan fingerprint density at radius 2 is 1.65 bits per heavy atom. The highest BCUT2D eigenvalue weighted by atomic mass is 16.3. The van der Waals surface area contributed by atoms with Crippen LogP contribution >= 0.6 is 0 Å². The van der Waals surface area contributed by atoms with E-state index in [2.05, 4.69) is 41.3 Å². The molecule has 0 spiro atoms. The molecule has 2 aromatic rings. The molecule has 20 heavy (non-hydrogen) atoms. The summed E-state index contributed by atoms with van der Waals surface area (Å²) in [6, 6.07) is 17.5. The highest BCUT2D eigenvalue weighted by Crippen LogP contribution is 2.11. The van der Waals surface area contributed by atoms with E-state index in [0.29, 0.717) is 5.69 Å². The minimum atomic E-state index is 0.443. The van der Waals surface area contributed by atoms with Crippen LogP contribution in [0.5, 0.6) is 0 Å². The van der Waals surface area contributed by atoms with Crippen LogP contribution in [-0.2, 0) is 6.42 Å². The van der Waals surface area contributed by atoms with E-state index in [0.717, 1.165) is 31.2 Å². The molecule has 2 heteroatoms. The maximum atomic E-state index is 10.3. The van der Waals surface area contributed by atoms with Crippen molar-refractivity contribution in [3.05, 3.63) is 70.6 Å². The van der Waals surface area contributed by atoms with Crippen molar-refractivity contribution in [3.8, 4) is 11.8 Å². The summed E-state index contributed by atoms with van der Waals surface area (Å²) < 4.78 is 0. The van der Waals surface area contributed by atoms with Gasteiger partial charge in [0.1, 0.15) is 5.69 Å². The fourth-order valence-corrected chi connectivity index (χ4v) is 1.96. The molecule has 2 aromatic carbocycles. The largest absolute Gasteiger partial charge is 0.145 e. The summed E-state index contributed by atoms with van der Waals surface area (Å²) in [7, 11) is 0. The van der Waals surface area contributed by atoms with Crippen LogP contribution in [0.1, 0.15) is 30.4 Å². The Hall–Kier alpha value is -2.40. The Balaban J connectivity index is 1.70. The van der Waals surface area contributed by atoms with Crippen LogP contribution in [0, 0.1) is 16.7 Å². The molecule has 0 heterocycles. The van der Waals surface area contributed by atoms with Crippen LogP contribution in [0.15, 0.2) is 59.8 Å². The van der Waals surface area contributed by atoms with Crippen molar-refractivity contribution in [2.45, 2.75) is 25.7 Å². The van der Waals surface area contributed by atoms with Crippen LogP contribution in [0.2, 0.25) is 0 Å². The lowest BCUT2D eigenvalue weighted by Crippen LogP contribution is -1.84. The predicted molar refractivity (Wildman–Crippen MR) is 82.8 cm³/mol. The van der Waals surface area contributed by atoms with Crippen molar-refractivity contribution in [1.29, 1.82) is 0 Å². The summed E-state index contributed by atoms with van der Waals surface area (Å²) in [5, 5.41) is 2.86. The van der Waals surface area contributed by atoms with Gasteiger partial charge in [-0.2, -0.15) is 0 Å². The van der Waals surface area contributed by atoms with Gasteiger partial charge >= 0.3 is 0 Å². The first-order valence-electron chi connectivity index (χ1n) is 6.85. The van der Waals surface area contributed by atoms with Gasteiger partial charge in [-0.15, -0.1) is 4.91 Å². The number of rotatable bonds is 5. The van der Waals surface area contributed by atoms with Crippen molar-refractivity contribution < 1.29 is 0 Å². The average molecular weight is 263 g/mol. The molecular weight excluding hydrogens is 246 g/mol. The van der Waals surface area contributed by atoms with Gasteiger partial charge in [0.05, 0.1) is 0 Å². The summed E-state index contributed by atoms with van der Waals surface area (Å²) in [5.41, 5.74) is 2.76. The lowest BCUT2D eigenvalue weighted by molar-refractivity contribution is 0.756. The molecule has 0 aromatic heterocycles. The molecule has 0 fully saturated rings. The Morgan fingerprint density at radius 1 is 0.900 bits per heavy atom. The number of hydrogen-bond donors (Lipinski definition) is 0. The minimum absolute atomic E-state index is 0.443. The molecule has 0 bridgehead atoms. The van der Waals surface area contributed by atoms with Crippen molar-refractivity contribution in [2.75, 3.05) is 0 Å². The predicted octanol–water partition coefficient (Wildman–Crippen LogP) is 4.85. The van der Waals surface area contributed by atoms with Gasteiger partial charge in [0.2, 0.25) is 0 Å². The second-order valence-corrected chi connectivity index (χ2v) is 4.63. The van der Waals surface area contributed by atoms with E-state index in [9.17, 15) is 4.91 Å². The smallest absolute Gasteiger partial charge is 0.108 e. The molecule has 0 aliphatic heterocycles. The van der Waals surface area contributed by atoms with E-state index < -0.39 is 0 Å². The number of hydrogen-bond acceptors (Lipinski definition) is 2. The quantitative estimate of drug-likeness (QED) is 0.431. The zero-order valence-corrected chi connectivity index (χ0v) is 11.4. The first kappa shape index (κ1) is 14.0. The third-order valence-electron chi connectivity index (χ3n) is 3.07. The fourth-order valence-electron chi connectivity index (χ4n) is 1.96. The van der Waals surface area contributed by atoms with Gasteiger partial charge < -0.3 is 0 Å². The van der Waals surface area contributed by atoms with Crippen molar-refractivity contribution in [3.63, 3.8) is 0 Å². The maximum Gasteiger partial charge on any atom is 0.108 e. The topological polar surface area (TPSA) is 29.4 Å². The molecule has 0 radical (unpaired) electrons. The SMILES string of the molecule is O=Nc1ccc(C#CCCCCc2ccccc2)cc1. The van der Waals surface area contributed by atoms with Crippen molar-refractivity contribution in [2.24, 2.45) is 5.18 Å². The minimum Gasteiger partial charge on any atom is -0.145 e. The van der Waals surface area contributed by atoms with Crippen molar-refractivity contribution >= 4 is 5.69 Å². The summed E-state index contributed by atoms with van der Waals surface area (Å²) >= 11 is 0. The Bertz CT molecular complexity index is 591. The number of unbranched alkanes of at least 4 members (excludes halogenated alkanes) is 2. The molecule has 0 saturated carbocycles. The standard InChI is InChI=1S/C18H17NO/c20-19-18-14-12-17(13-15-18)11-5-2-1-4-8-16-9-6-3-7-10-16/h3,6-7,9-10,12-15H,1-2,4,8H2. The van der Waals surface area contributed by atoms with Crippen LogP contribution in [-0.4, -0.2) is 0 Å². The van der Waals surface area contributed by atoms with E-state index >= 15 is 0 Å². The Morgan fingerprint density at radius 3 is 2.35 bits per heavy atom. The molecule has 2 nitrogen and oxygen atoms in total. The lowest BCUT2D eigenvalue weighted by atomic mass is 10.1. The highest BCUT2D eigenvalue weighted by molar-refractivity contribution is 5.44. The number of benzene rings is 2. The molecule has 100 valence electrons. The molecule has 0 saturated heterocycles. The van der Waals surface area contributed by atoms with Crippen LogP contribution in [0.4, 0.5) is 5.69 Å². The number of nitrogens with zero attached hydrogens (tertiary/aromatic N) is 1. The monoisotopic (exact) mass is 263 g/mol. The first-order valence-corrected chi connectivity index (χ1v) is 6.85. The molecule has 0 aliphatic carbocycles. The summed E-state index contributed by atoms with van der Waals surface area (Å²) in [6.07, 6.45) is 4.28. The van der Waals surface area contributed by atoms with E-state index in [4.69, 9.17) is 0 Å². The number of nitroso groups, excluding NO2 is 1. The summed E-state index contributed by atoms with van der Waals surface area (Å²) in [4.78, 5) is 10.3. The molecule has 0 amide bonds. The van der Waals surface area contributed by atoms with Gasteiger partial charge in [-0.1, -0.05) is 42.2 Å². The van der Waals surface area contributed by atoms with Gasteiger partial charge in [0, 0.05) is 12.0 Å². The zero-order chi connectivity index (χ0) is 14.0. The molecule has 0 unspecified atom stereocenters. The zero-order valence-electron chi connectivity index (χ0n) is 11.4. The maximum absolute atomic E-state index is 10.3. The third kappa shape index (κ3) is 4.70. The number of aryl methyl sites for hydroxylation is 1. The summed E-state index contributed by atoms with van der Waals surface area (Å²) in [6.45, 7) is 0. The van der Waals surface area contributed by atoms with E-state index in [1.807, 2.05) is 18.2 Å². The van der Waals surface area contributed by atoms with E-state index in [1.165, 1.54) is 5.56 Å². The van der Waals surface area contributed by atoms with E-state index in [-0.39, 0.29) is 0 Å². The Kier molecular flexibility index (Phi) is 5.54. The first-order chi connectivity index (χ1) is 9.88. The van der Waals surface area contributed by atoms with Crippen LogP contribution in [0.25, 0.3) is 0 Å². The fraction of sp³-hybridized carbons (Fsp3) is 0.222. The van der Waals surface area contributed by atoms with Gasteiger partial charge in [0.25, 0.3) is 0 Å². The van der Waals surface area contributed by atoms with Crippen LogP contribution < -0.4 is 0 Å². The normalized spacial score (nSPS) is 9.60. The summed E-state index contributed by atoms with van der Waals surface area (Å²) in [5.74, 6) is 6.27. The molecule has 0 atom stereocenters. The average Bonchev–Trinajstić information content (AvgIpc) is 2.52. The van der Waals surface area contributed by atoms with E-state index in [1.54, 1.807) is 12.1 Å².